The minimum Gasteiger partial charge on any atom is -0.432 e. The number of imide groups is 1. The quantitative estimate of drug-likeness (QED) is 0.286. The maximum absolute atomic E-state index is 13.2. The molecule has 2 N–H and O–H groups in total. The molecular formula is C33H42F2N8O5S. The minimum atomic E-state index is -3.39. The van der Waals surface area contributed by atoms with Crippen LogP contribution in [0.25, 0.3) is 10.9 Å². The number of ether oxygens (including phenoxy) is 1. The van der Waals surface area contributed by atoms with Crippen LogP contribution in [0.1, 0.15) is 68.0 Å². The van der Waals surface area contributed by atoms with Gasteiger partial charge in [0.05, 0.1) is 35.3 Å². The van der Waals surface area contributed by atoms with Gasteiger partial charge in [-0.15, -0.1) is 0 Å². The van der Waals surface area contributed by atoms with E-state index in [1.165, 1.54) is 18.0 Å². The zero-order valence-corrected chi connectivity index (χ0v) is 28.2. The van der Waals surface area contributed by atoms with Crippen molar-refractivity contribution in [2.75, 3.05) is 43.8 Å². The van der Waals surface area contributed by atoms with Gasteiger partial charge in [-0.05, 0) is 74.5 Å². The smallest absolute Gasteiger partial charge is 0.387 e. The SMILES string of the molecule is Cn1nc(C2CCC(=O)NC2=O)c2ccc(C3C4CCC3CN(CCCS(=O)(=O)N3CCC(Nc5ncc(OC(F)F)cn5)CC3)C4)cc21. The number of nitrogens with zero attached hydrogens (tertiary/aromatic N) is 6. The molecule has 3 unspecified atom stereocenters. The van der Waals surface area contributed by atoms with Gasteiger partial charge in [0.25, 0.3) is 0 Å². The molecule has 3 aromatic rings. The molecule has 3 aliphatic heterocycles. The van der Waals surface area contributed by atoms with Gasteiger partial charge >= 0.3 is 6.61 Å². The molecule has 7 rings (SSSR count). The van der Waals surface area contributed by atoms with Crippen LogP contribution in [-0.4, -0.2) is 100 Å². The van der Waals surface area contributed by atoms with E-state index >= 15 is 0 Å². The number of carbonyl (C=O) groups is 2. The lowest BCUT2D eigenvalue weighted by Gasteiger charge is -2.38. The third kappa shape index (κ3) is 7.26. The topological polar surface area (TPSA) is 152 Å². The van der Waals surface area contributed by atoms with Gasteiger partial charge in [-0.25, -0.2) is 22.7 Å². The van der Waals surface area contributed by atoms with Crippen LogP contribution in [0.3, 0.4) is 0 Å². The molecule has 2 bridgehead atoms. The minimum absolute atomic E-state index is 0.0175. The van der Waals surface area contributed by atoms with E-state index in [1.807, 2.05) is 11.7 Å². The molecule has 16 heteroatoms. The largest absolute Gasteiger partial charge is 0.432 e. The second kappa shape index (κ2) is 13.9. The molecule has 5 heterocycles. The zero-order valence-electron chi connectivity index (χ0n) is 27.4. The first-order chi connectivity index (χ1) is 23.5. The molecule has 0 radical (unpaired) electrons. The van der Waals surface area contributed by atoms with E-state index in [-0.39, 0.29) is 35.3 Å². The van der Waals surface area contributed by atoms with Gasteiger partial charge < -0.3 is 15.0 Å². The molecule has 13 nitrogen and oxygen atoms in total. The van der Waals surface area contributed by atoms with Crippen molar-refractivity contribution in [1.82, 2.24) is 34.3 Å². The first-order valence-corrected chi connectivity index (χ1v) is 18.7. The number of rotatable bonds is 11. The lowest BCUT2D eigenvalue weighted by Crippen LogP contribution is -2.44. The monoisotopic (exact) mass is 700 g/mol. The summed E-state index contributed by atoms with van der Waals surface area (Å²) in [4.78, 5) is 34.7. The lowest BCUT2D eigenvalue weighted by molar-refractivity contribution is -0.134. The fourth-order valence-corrected chi connectivity index (χ4v) is 9.90. The molecule has 2 aromatic heterocycles. The number of hydrogen-bond donors (Lipinski definition) is 2. The predicted octanol–water partition coefficient (Wildman–Crippen LogP) is 3.21. The van der Waals surface area contributed by atoms with Crippen LogP contribution in [0.15, 0.2) is 30.6 Å². The van der Waals surface area contributed by atoms with E-state index in [0.717, 1.165) is 49.1 Å². The second-order valence-corrected chi connectivity index (χ2v) is 15.9. The molecule has 1 aliphatic carbocycles. The van der Waals surface area contributed by atoms with Gasteiger partial charge in [0.1, 0.15) is 0 Å². The number of halogens is 2. The van der Waals surface area contributed by atoms with E-state index in [2.05, 4.69) is 48.4 Å². The first-order valence-electron chi connectivity index (χ1n) is 17.1. The summed E-state index contributed by atoms with van der Waals surface area (Å²) in [5.41, 5.74) is 3.02. The summed E-state index contributed by atoms with van der Waals surface area (Å²) in [5.74, 6) is 0.774. The van der Waals surface area contributed by atoms with Crippen molar-refractivity contribution in [1.29, 1.82) is 0 Å². The van der Waals surface area contributed by atoms with Crippen molar-refractivity contribution in [2.45, 2.75) is 69.4 Å². The van der Waals surface area contributed by atoms with Crippen LogP contribution in [0.2, 0.25) is 0 Å². The molecule has 1 saturated carbocycles. The molecule has 0 spiro atoms. The Hall–Kier alpha value is -3.76. The average molecular weight is 701 g/mol. The number of likely N-dealkylation sites (tertiary alicyclic amines) is 1. The average Bonchev–Trinajstić information content (AvgIpc) is 3.53. The number of benzene rings is 1. The van der Waals surface area contributed by atoms with Gasteiger partial charge in [0.15, 0.2) is 5.75 Å². The number of aryl methyl sites for hydroxylation is 1. The molecule has 1 aromatic carbocycles. The maximum atomic E-state index is 13.2. The number of nitrogens with one attached hydrogen (secondary N) is 2. The van der Waals surface area contributed by atoms with Crippen molar-refractivity contribution in [3.05, 3.63) is 41.9 Å². The summed E-state index contributed by atoms with van der Waals surface area (Å²) in [6.07, 6.45) is 7.21. The summed E-state index contributed by atoms with van der Waals surface area (Å²) in [7, 11) is -1.49. The van der Waals surface area contributed by atoms with Gasteiger partial charge in [0, 0.05) is 51.1 Å². The maximum Gasteiger partial charge on any atom is 0.387 e. The molecular weight excluding hydrogens is 658 g/mol. The third-order valence-corrected chi connectivity index (χ3v) is 12.6. The Bertz CT molecular complexity index is 1780. The number of carbonyl (C=O) groups excluding carboxylic acids is 2. The van der Waals surface area contributed by atoms with Crippen LogP contribution in [0.4, 0.5) is 14.7 Å². The fourth-order valence-electron chi connectivity index (χ4n) is 8.38. The summed E-state index contributed by atoms with van der Waals surface area (Å²) >= 11 is 0. The standard InChI is InChI=1S/C33H42F2N8O5S/c1-41-27-15-20(5-6-25(27)30(40-41)26-7-8-28(44)39-31(26)45)29-21-3-4-22(29)19-42(18-21)11-2-14-49(46,47)43-12-9-23(10-13-43)38-33-36-16-24(17-37-33)48-32(34)35/h5-6,15-17,21-23,26,29,32H,2-4,7-14,18-19H2,1H3,(H,36,37,38)(H,39,44,45). The first kappa shape index (κ1) is 33.7. The van der Waals surface area contributed by atoms with Crippen molar-refractivity contribution in [2.24, 2.45) is 18.9 Å². The summed E-state index contributed by atoms with van der Waals surface area (Å²) in [6, 6.07) is 6.48. The third-order valence-electron chi connectivity index (χ3n) is 10.7. The summed E-state index contributed by atoms with van der Waals surface area (Å²) < 4.78 is 58.8. The normalized spacial score (nSPS) is 25.6. The number of sulfonamides is 1. The van der Waals surface area contributed by atoms with Crippen LogP contribution >= 0.6 is 0 Å². The van der Waals surface area contributed by atoms with E-state index in [9.17, 15) is 26.8 Å². The Labute approximate surface area is 283 Å². The summed E-state index contributed by atoms with van der Waals surface area (Å²) in [5, 5.41) is 11.3. The Morgan fingerprint density at radius 3 is 2.43 bits per heavy atom. The Morgan fingerprint density at radius 2 is 1.76 bits per heavy atom. The number of piperidine rings is 3. The highest BCUT2D eigenvalue weighted by atomic mass is 32.2. The van der Waals surface area contributed by atoms with Gasteiger partial charge in [0.2, 0.25) is 27.8 Å². The van der Waals surface area contributed by atoms with Crippen molar-refractivity contribution in [3.63, 3.8) is 0 Å². The number of fused-ring (bicyclic) bond motifs is 3. The number of alkyl halides is 2. The van der Waals surface area contributed by atoms with Crippen molar-refractivity contribution >= 4 is 38.7 Å². The number of anilines is 1. The molecule has 2 amide bonds. The molecule has 4 aliphatic rings. The predicted molar refractivity (Wildman–Crippen MR) is 177 cm³/mol. The van der Waals surface area contributed by atoms with Crippen LogP contribution in [-0.2, 0) is 26.7 Å². The van der Waals surface area contributed by atoms with Crippen LogP contribution in [0.5, 0.6) is 5.75 Å². The highest BCUT2D eigenvalue weighted by Gasteiger charge is 2.43. The zero-order chi connectivity index (χ0) is 34.3. The number of amides is 2. The molecule has 264 valence electrons. The van der Waals surface area contributed by atoms with Gasteiger partial charge in [-0.2, -0.15) is 13.9 Å². The molecule has 3 saturated heterocycles. The fraction of sp³-hybridized carbons (Fsp3) is 0.606. The van der Waals surface area contributed by atoms with Crippen molar-refractivity contribution in [3.8, 4) is 5.75 Å². The number of hydrogen-bond acceptors (Lipinski definition) is 10. The van der Waals surface area contributed by atoms with Crippen LogP contribution < -0.4 is 15.4 Å². The Morgan fingerprint density at radius 1 is 1.04 bits per heavy atom. The second-order valence-electron chi connectivity index (χ2n) is 13.8. The van der Waals surface area contributed by atoms with Gasteiger partial charge in [-0.1, -0.05) is 12.1 Å². The highest BCUT2D eigenvalue weighted by Crippen LogP contribution is 2.48. The van der Waals surface area contributed by atoms with E-state index in [1.54, 1.807) is 4.31 Å². The Kier molecular flexibility index (Phi) is 9.54. The van der Waals surface area contributed by atoms with E-state index < -0.39 is 22.6 Å². The molecule has 49 heavy (non-hydrogen) atoms. The number of aromatic nitrogens is 4. The van der Waals surface area contributed by atoms with E-state index in [4.69, 9.17) is 5.10 Å². The summed E-state index contributed by atoms with van der Waals surface area (Å²) in [6.45, 7) is 0.495. The lowest BCUT2D eigenvalue weighted by atomic mass is 9.79. The molecule has 4 fully saturated rings. The highest BCUT2D eigenvalue weighted by molar-refractivity contribution is 7.89. The van der Waals surface area contributed by atoms with Crippen molar-refractivity contribution < 1.29 is 31.5 Å². The molecule has 3 atom stereocenters. The Balaban J connectivity index is 0.894. The van der Waals surface area contributed by atoms with Crippen LogP contribution in [0, 0.1) is 11.8 Å². The van der Waals surface area contributed by atoms with Gasteiger partial charge in [-0.3, -0.25) is 19.6 Å². The van der Waals surface area contributed by atoms with E-state index in [0.29, 0.717) is 62.9 Å².